The molecule has 1 aromatic rings. The van der Waals surface area contributed by atoms with Gasteiger partial charge in [0.1, 0.15) is 6.49 Å². The van der Waals surface area contributed by atoms with Gasteiger partial charge < -0.3 is 0 Å². The van der Waals surface area contributed by atoms with Crippen LogP contribution in [0.1, 0.15) is 18.9 Å². The number of nitrogens with zero attached hydrogens (tertiary/aromatic N) is 1. The van der Waals surface area contributed by atoms with Gasteiger partial charge in [-0.15, -0.1) is 0 Å². The van der Waals surface area contributed by atoms with E-state index in [-0.39, 0.29) is 0 Å². The molecule has 0 atom stereocenters. The van der Waals surface area contributed by atoms with Gasteiger partial charge in [0, 0.05) is 13.1 Å². The van der Waals surface area contributed by atoms with Crippen molar-refractivity contribution in [3.63, 3.8) is 0 Å². The predicted octanol–water partition coefficient (Wildman–Crippen LogP) is 2.08. The van der Waals surface area contributed by atoms with Gasteiger partial charge >= 0.3 is 0 Å². The highest BCUT2D eigenvalue weighted by Crippen LogP contribution is 2.31. The lowest BCUT2D eigenvalue weighted by Gasteiger charge is -2.27. The Morgan fingerprint density at radius 3 is 2.38 bits per heavy atom. The molecule has 0 bridgehead atoms. The minimum Gasteiger partial charge on any atom is -0.279 e. The smallest absolute Gasteiger partial charge is 0.135 e. The Hall–Kier alpha value is -0.250. The zero-order valence-corrected chi connectivity index (χ0v) is 11.4. The molecule has 5 heteroatoms. The van der Waals surface area contributed by atoms with E-state index in [0.717, 1.165) is 25.9 Å². The van der Waals surface area contributed by atoms with Gasteiger partial charge in [-0.05, 0) is 30.2 Å². The molecule has 1 aromatic carbocycles. The standard InChI is InChI=1S/C11H20N3PS/c1-2-14(15(12,13)16)10-6-9-11-7-4-3-5-8-11/h3-5,7-8H,2,6,9-10H2,1H3,(H4,12,13,16). The molecule has 3 nitrogen and oxygen atoms in total. The Morgan fingerprint density at radius 2 is 1.88 bits per heavy atom. The van der Waals surface area contributed by atoms with E-state index < -0.39 is 6.49 Å². The van der Waals surface area contributed by atoms with Crippen LogP contribution in [0.5, 0.6) is 0 Å². The first kappa shape index (κ1) is 13.8. The molecule has 0 aliphatic carbocycles. The Morgan fingerprint density at radius 1 is 1.25 bits per heavy atom. The van der Waals surface area contributed by atoms with Crippen LogP contribution in [-0.4, -0.2) is 17.8 Å². The summed E-state index contributed by atoms with van der Waals surface area (Å²) in [6, 6.07) is 10.4. The minimum absolute atomic E-state index is 0.832. The second-order valence-electron chi connectivity index (χ2n) is 3.81. The predicted molar refractivity (Wildman–Crippen MR) is 74.7 cm³/mol. The van der Waals surface area contributed by atoms with Crippen LogP contribution in [0.15, 0.2) is 30.3 Å². The molecular weight excluding hydrogens is 237 g/mol. The fraction of sp³-hybridized carbons (Fsp3) is 0.455. The van der Waals surface area contributed by atoms with Crippen LogP contribution in [0, 0.1) is 0 Å². The van der Waals surface area contributed by atoms with E-state index in [4.69, 9.17) is 22.8 Å². The summed E-state index contributed by atoms with van der Waals surface area (Å²) >= 11 is 5.13. The van der Waals surface area contributed by atoms with Crippen LogP contribution < -0.4 is 11.0 Å². The molecule has 0 radical (unpaired) electrons. The summed E-state index contributed by atoms with van der Waals surface area (Å²) in [5, 5.41) is 0. The summed E-state index contributed by atoms with van der Waals surface area (Å²) in [6.45, 7) is 1.53. The van der Waals surface area contributed by atoms with E-state index in [1.54, 1.807) is 0 Å². The third-order valence-corrected chi connectivity index (χ3v) is 4.59. The van der Waals surface area contributed by atoms with Gasteiger partial charge in [0.15, 0.2) is 0 Å². The molecule has 0 saturated carbocycles. The molecule has 0 unspecified atom stereocenters. The van der Waals surface area contributed by atoms with Crippen molar-refractivity contribution < 1.29 is 0 Å². The molecule has 0 fully saturated rings. The van der Waals surface area contributed by atoms with Gasteiger partial charge in [-0.3, -0.25) is 15.7 Å². The molecule has 0 aromatic heterocycles. The second-order valence-corrected chi connectivity index (χ2v) is 7.47. The first-order chi connectivity index (χ1) is 7.54. The minimum atomic E-state index is -2.23. The number of aryl methyl sites for hydroxylation is 1. The maximum absolute atomic E-state index is 5.80. The van der Waals surface area contributed by atoms with Gasteiger partial charge in [0.25, 0.3) is 0 Å². The van der Waals surface area contributed by atoms with Crippen molar-refractivity contribution in [1.29, 1.82) is 0 Å². The van der Waals surface area contributed by atoms with E-state index in [1.165, 1.54) is 5.56 Å². The largest absolute Gasteiger partial charge is 0.279 e. The average molecular weight is 257 g/mol. The zero-order valence-electron chi connectivity index (χ0n) is 9.67. The van der Waals surface area contributed by atoms with Crippen LogP contribution in [-0.2, 0) is 18.2 Å². The molecular formula is C11H20N3PS. The first-order valence-electron chi connectivity index (χ1n) is 5.50. The molecule has 1 rings (SSSR count). The molecule has 4 N–H and O–H groups in total. The molecule has 0 spiro atoms. The number of nitrogens with two attached hydrogens (primary N) is 2. The number of rotatable bonds is 6. The van der Waals surface area contributed by atoms with Gasteiger partial charge in [-0.1, -0.05) is 37.3 Å². The molecule has 16 heavy (non-hydrogen) atoms. The Balaban J connectivity index is 2.38. The van der Waals surface area contributed by atoms with Gasteiger partial charge in [0.2, 0.25) is 0 Å². The first-order valence-corrected chi connectivity index (χ1v) is 8.40. The lowest BCUT2D eigenvalue weighted by Crippen LogP contribution is -2.29. The topological polar surface area (TPSA) is 55.3 Å². The van der Waals surface area contributed by atoms with Crippen LogP contribution in [0.25, 0.3) is 0 Å². The molecule has 0 amide bonds. The van der Waals surface area contributed by atoms with Crippen LogP contribution in [0.2, 0.25) is 0 Å². The van der Waals surface area contributed by atoms with E-state index in [0.29, 0.717) is 0 Å². The number of hydrogen-bond donors (Lipinski definition) is 2. The highest BCUT2D eigenvalue weighted by Gasteiger charge is 2.13. The Bertz CT molecular complexity index is 350. The van der Waals surface area contributed by atoms with Crippen molar-refractivity contribution in [3.8, 4) is 0 Å². The van der Waals surface area contributed by atoms with Crippen molar-refractivity contribution in [1.82, 2.24) is 4.67 Å². The summed E-state index contributed by atoms with van der Waals surface area (Å²) in [4.78, 5) is 0. The molecule has 90 valence electrons. The summed E-state index contributed by atoms with van der Waals surface area (Å²) in [5.41, 5.74) is 12.9. The fourth-order valence-electron chi connectivity index (χ4n) is 1.65. The lowest BCUT2D eigenvalue weighted by molar-refractivity contribution is 0.465. The van der Waals surface area contributed by atoms with Crippen LogP contribution >= 0.6 is 6.49 Å². The third-order valence-electron chi connectivity index (χ3n) is 2.53. The number of benzene rings is 1. The maximum Gasteiger partial charge on any atom is 0.135 e. The third kappa shape index (κ3) is 4.73. The second kappa shape index (κ2) is 6.48. The maximum atomic E-state index is 5.80. The highest BCUT2D eigenvalue weighted by atomic mass is 32.4. The van der Waals surface area contributed by atoms with Crippen molar-refractivity contribution in [2.45, 2.75) is 19.8 Å². The van der Waals surface area contributed by atoms with Crippen LogP contribution in [0.4, 0.5) is 0 Å². The lowest BCUT2D eigenvalue weighted by atomic mass is 10.1. The highest BCUT2D eigenvalue weighted by molar-refractivity contribution is 8.11. The Kier molecular flexibility index (Phi) is 5.59. The van der Waals surface area contributed by atoms with E-state index in [2.05, 4.69) is 24.3 Å². The zero-order chi connectivity index (χ0) is 12.0. The van der Waals surface area contributed by atoms with Gasteiger partial charge in [-0.2, -0.15) is 0 Å². The molecule has 0 saturated heterocycles. The summed E-state index contributed by atoms with van der Waals surface area (Å²) in [7, 11) is 0. The van der Waals surface area contributed by atoms with Crippen molar-refractivity contribution in [3.05, 3.63) is 35.9 Å². The SMILES string of the molecule is CCN(CCCc1ccccc1)P(N)(N)=S. The van der Waals surface area contributed by atoms with Crippen molar-refractivity contribution in [2.75, 3.05) is 13.1 Å². The quantitative estimate of drug-likeness (QED) is 0.766. The normalized spacial score (nSPS) is 12.0. The molecule has 0 heterocycles. The summed E-state index contributed by atoms with van der Waals surface area (Å²) in [5.74, 6) is 0. The van der Waals surface area contributed by atoms with Crippen LogP contribution in [0.3, 0.4) is 0 Å². The van der Waals surface area contributed by atoms with Gasteiger partial charge in [0.05, 0.1) is 0 Å². The number of hydrogen-bond acceptors (Lipinski definition) is 1. The summed E-state index contributed by atoms with van der Waals surface area (Å²) < 4.78 is 2.02. The molecule has 0 aliphatic heterocycles. The van der Waals surface area contributed by atoms with Crippen molar-refractivity contribution >= 4 is 18.3 Å². The Labute approximate surface area is 103 Å². The summed E-state index contributed by atoms with van der Waals surface area (Å²) in [6.07, 6.45) is 2.09. The average Bonchev–Trinajstić information content (AvgIpc) is 2.24. The van der Waals surface area contributed by atoms with E-state index >= 15 is 0 Å². The van der Waals surface area contributed by atoms with E-state index in [1.807, 2.05) is 17.7 Å². The fourth-order valence-corrected chi connectivity index (χ4v) is 3.13. The van der Waals surface area contributed by atoms with E-state index in [9.17, 15) is 0 Å². The van der Waals surface area contributed by atoms with Crippen molar-refractivity contribution in [2.24, 2.45) is 11.0 Å². The molecule has 0 aliphatic rings. The monoisotopic (exact) mass is 257 g/mol. The van der Waals surface area contributed by atoms with Gasteiger partial charge in [-0.25, -0.2) is 0 Å².